The molecule has 3 aromatic heterocycles. The lowest BCUT2D eigenvalue weighted by molar-refractivity contribution is -0.175. The summed E-state index contributed by atoms with van der Waals surface area (Å²) < 4.78 is 47.8. The van der Waals surface area contributed by atoms with Crippen LogP contribution in [0, 0.1) is 6.92 Å². The van der Waals surface area contributed by atoms with Gasteiger partial charge >= 0.3 is 6.18 Å². The zero-order valence-corrected chi connectivity index (χ0v) is 18.3. The van der Waals surface area contributed by atoms with E-state index in [2.05, 4.69) is 25.1 Å². The van der Waals surface area contributed by atoms with E-state index >= 15 is 0 Å². The van der Waals surface area contributed by atoms with Crippen molar-refractivity contribution in [3.63, 3.8) is 0 Å². The molecule has 3 aromatic rings. The summed E-state index contributed by atoms with van der Waals surface area (Å²) >= 11 is 0. The van der Waals surface area contributed by atoms with Gasteiger partial charge in [0.1, 0.15) is 24.6 Å². The number of alkyl halides is 3. The molecule has 0 spiro atoms. The van der Waals surface area contributed by atoms with Crippen LogP contribution in [0.15, 0.2) is 30.7 Å². The minimum Gasteiger partial charge on any atom is -0.475 e. The Hall–Kier alpha value is -3.25. The highest BCUT2D eigenvalue weighted by atomic mass is 19.4. The van der Waals surface area contributed by atoms with Crippen LogP contribution in [0.3, 0.4) is 0 Å². The van der Waals surface area contributed by atoms with Gasteiger partial charge in [0, 0.05) is 24.2 Å². The molecule has 178 valence electrons. The third kappa shape index (κ3) is 6.86. The molecule has 2 N–H and O–H groups in total. The van der Waals surface area contributed by atoms with Crippen LogP contribution >= 0.6 is 0 Å². The van der Waals surface area contributed by atoms with E-state index in [4.69, 9.17) is 4.74 Å². The van der Waals surface area contributed by atoms with Crippen molar-refractivity contribution in [1.29, 1.82) is 0 Å². The fourth-order valence-corrected chi connectivity index (χ4v) is 2.87. The second kappa shape index (κ2) is 9.71. The Morgan fingerprint density at radius 3 is 2.67 bits per heavy atom. The number of carbonyl (C=O) groups excluding carboxylic acids is 1. The average Bonchev–Trinajstić information content (AvgIpc) is 3.11. The molecule has 0 unspecified atom stereocenters. The van der Waals surface area contributed by atoms with Gasteiger partial charge in [-0.1, -0.05) is 0 Å². The number of pyridine rings is 2. The maximum Gasteiger partial charge on any atom is 0.411 e. The van der Waals surface area contributed by atoms with Crippen molar-refractivity contribution < 1.29 is 32.5 Å². The maximum atomic E-state index is 12.1. The Labute approximate surface area is 187 Å². The lowest BCUT2D eigenvalue weighted by Crippen LogP contribution is -2.36. The summed E-state index contributed by atoms with van der Waals surface area (Å²) in [5.41, 5.74) is 0.576. The second-order valence-corrected chi connectivity index (χ2v) is 7.91. The minimum atomic E-state index is -4.37. The molecule has 0 fully saturated rings. The molecule has 0 aliphatic heterocycles. The number of rotatable bonds is 9. The van der Waals surface area contributed by atoms with Crippen LogP contribution in [0.25, 0.3) is 10.9 Å². The molecule has 3 rings (SSSR count). The van der Waals surface area contributed by atoms with E-state index in [-0.39, 0.29) is 19.0 Å². The normalized spacial score (nSPS) is 12.2. The molecule has 9 nitrogen and oxygen atoms in total. The number of ether oxygens (including phenoxy) is 2. The number of nitrogens with one attached hydrogen (secondary N) is 1. The van der Waals surface area contributed by atoms with Crippen molar-refractivity contribution in [2.45, 2.75) is 39.1 Å². The zero-order valence-electron chi connectivity index (χ0n) is 18.3. The smallest absolute Gasteiger partial charge is 0.411 e. The van der Waals surface area contributed by atoms with Gasteiger partial charge in [0.05, 0.1) is 24.1 Å². The predicted octanol–water partition coefficient (Wildman–Crippen LogP) is 2.85. The molecule has 0 bridgehead atoms. The van der Waals surface area contributed by atoms with Crippen molar-refractivity contribution >= 4 is 22.6 Å². The van der Waals surface area contributed by atoms with E-state index in [1.165, 1.54) is 20.0 Å². The number of aromatic nitrogens is 4. The Morgan fingerprint density at radius 1 is 1.24 bits per heavy atom. The molecular weight excluding hydrogens is 443 g/mol. The van der Waals surface area contributed by atoms with Gasteiger partial charge in [-0.15, -0.1) is 0 Å². The quantitative estimate of drug-likeness (QED) is 0.466. The molecule has 0 radical (unpaired) electrons. The number of anilines is 1. The van der Waals surface area contributed by atoms with E-state index in [1.807, 2.05) is 6.07 Å². The number of hydrogen-bond acceptors (Lipinski definition) is 7. The highest BCUT2D eigenvalue weighted by Gasteiger charge is 2.27. The van der Waals surface area contributed by atoms with Crippen LogP contribution in [0.1, 0.15) is 25.0 Å². The number of amides is 1. The molecular formula is C21H24F3N5O4. The first kappa shape index (κ1) is 24.4. The Kier molecular flexibility index (Phi) is 7.18. The van der Waals surface area contributed by atoms with Gasteiger partial charge in [0.2, 0.25) is 5.88 Å². The first-order valence-electron chi connectivity index (χ1n) is 10.0. The monoisotopic (exact) mass is 467 g/mol. The summed E-state index contributed by atoms with van der Waals surface area (Å²) in [6, 6.07) is 3.54. The molecule has 0 aromatic carbocycles. The SMILES string of the molecule is Cc1cc(Cn2cc3c(NC(=O)C(C)(C)O)nccc3n2)cnc1OCCOCC(F)(F)F. The molecule has 12 heteroatoms. The number of fused-ring (bicyclic) bond motifs is 1. The van der Waals surface area contributed by atoms with Crippen molar-refractivity contribution in [2.24, 2.45) is 0 Å². The molecule has 0 aliphatic carbocycles. The van der Waals surface area contributed by atoms with Gasteiger partial charge in [-0.2, -0.15) is 18.3 Å². The van der Waals surface area contributed by atoms with Crippen LogP contribution in [0.5, 0.6) is 5.88 Å². The first-order valence-corrected chi connectivity index (χ1v) is 10.0. The molecule has 0 saturated carbocycles. The highest BCUT2D eigenvalue weighted by molar-refractivity contribution is 6.02. The van der Waals surface area contributed by atoms with Crippen molar-refractivity contribution in [1.82, 2.24) is 19.7 Å². The molecule has 3 heterocycles. The van der Waals surface area contributed by atoms with Crippen LogP contribution in [0.4, 0.5) is 19.0 Å². The summed E-state index contributed by atoms with van der Waals surface area (Å²) in [4.78, 5) is 20.5. The number of aliphatic hydroxyl groups is 1. The molecule has 0 aliphatic rings. The van der Waals surface area contributed by atoms with Crippen LogP contribution < -0.4 is 10.1 Å². The van der Waals surface area contributed by atoms with E-state index < -0.39 is 24.3 Å². The van der Waals surface area contributed by atoms with E-state index in [0.29, 0.717) is 28.9 Å². The van der Waals surface area contributed by atoms with Crippen molar-refractivity contribution in [3.05, 3.63) is 41.9 Å². The first-order chi connectivity index (χ1) is 15.4. The number of halogens is 3. The van der Waals surface area contributed by atoms with Crippen molar-refractivity contribution in [3.8, 4) is 5.88 Å². The number of hydrogen-bond donors (Lipinski definition) is 2. The largest absolute Gasteiger partial charge is 0.475 e. The topological polar surface area (TPSA) is 111 Å². The maximum absolute atomic E-state index is 12.1. The number of aryl methyl sites for hydroxylation is 1. The van der Waals surface area contributed by atoms with E-state index in [9.17, 15) is 23.1 Å². The van der Waals surface area contributed by atoms with Crippen LogP contribution in [-0.4, -0.2) is 62.4 Å². The molecule has 0 saturated heterocycles. The average molecular weight is 467 g/mol. The zero-order chi connectivity index (χ0) is 24.2. The van der Waals surface area contributed by atoms with Gasteiger partial charge < -0.3 is 19.9 Å². The Morgan fingerprint density at radius 2 is 2.00 bits per heavy atom. The fraction of sp³-hybridized carbons (Fsp3) is 0.429. The van der Waals surface area contributed by atoms with Crippen LogP contribution in [0.2, 0.25) is 0 Å². The van der Waals surface area contributed by atoms with Gasteiger partial charge in [0.25, 0.3) is 5.91 Å². The third-order valence-electron chi connectivity index (χ3n) is 4.43. The van der Waals surface area contributed by atoms with Gasteiger partial charge in [-0.3, -0.25) is 9.48 Å². The Balaban J connectivity index is 1.65. The summed E-state index contributed by atoms with van der Waals surface area (Å²) in [6.07, 6.45) is 0.446. The standard InChI is InChI=1S/C21H24F3N5O4/c1-13-8-14(9-26-18(13)33-7-6-32-12-21(22,23)24)10-29-11-15-16(28-29)4-5-25-17(15)27-19(30)20(2,3)31/h4-5,8-9,11,31H,6-7,10,12H2,1-3H3,(H,25,27,30). The number of nitrogens with zero attached hydrogens (tertiary/aromatic N) is 4. The van der Waals surface area contributed by atoms with Crippen molar-refractivity contribution in [2.75, 3.05) is 25.1 Å². The van der Waals surface area contributed by atoms with Crippen LogP contribution in [-0.2, 0) is 16.1 Å². The van der Waals surface area contributed by atoms with Gasteiger partial charge in [-0.05, 0) is 38.5 Å². The predicted molar refractivity (Wildman–Crippen MR) is 113 cm³/mol. The summed E-state index contributed by atoms with van der Waals surface area (Å²) in [5, 5.41) is 17.5. The lowest BCUT2D eigenvalue weighted by atomic mass is 10.1. The second-order valence-electron chi connectivity index (χ2n) is 7.91. The fourth-order valence-electron chi connectivity index (χ4n) is 2.87. The third-order valence-corrected chi connectivity index (χ3v) is 4.43. The van der Waals surface area contributed by atoms with E-state index in [1.54, 1.807) is 30.1 Å². The highest BCUT2D eigenvalue weighted by Crippen LogP contribution is 2.22. The Bertz CT molecular complexity index is 1130. The summed E-state index contributed by atoms with van der Waals surface area (Å²) in [7, 11) is 0. The summed E-state index contributed by atoms with van der Waals surface area (Å²) in [6.45, 7) is 3.32. The van der Waals surface area contributed by atoms with Gasteiger partial charge in [0.15, 0.2) is 0 Å². The van der Waals surface area contributed by atoms with Gasteiger partial charge in [-0.25, -0.2) is 9.97 Å². The molecule has 33 heavy (non-hydrogen) atoms. The minimum absolute atomic E-state index is 0.0556. The molecule has 0 atom stereocenters. The summed E-state index contributed by atoms with van der Waals surface area (Å²) in [5.74, 6) is 0.00643. The van der Waals surface area contributed by atoms with E-state index in [0.717, 1.165) is 5.56 Å². The lowest BCUT2D eigenvalue weighted by Gasteiger charge is -2.16. The molecule has 1 amide bonds. The number of carbonyl (C=O) groups is 1.